The first-order valence-electron chi connectivity index (χ1n) is 7.21. The second-order valence-electron chi connectivity index (χ2n) is 5.68. The van der Waals surface area contributed by atoms with Crippen molar-refractivity contribution in [2.24, 2.45) is 0 Å². The standard InChI is InChI=1S/C16H26O6/c1-5-10(4)7-11(6-9(2)3)21-16-15(20)14(19)13(18)12(8-17)22-16/h5-6,11-20H,1,4,7-8H2,2-3H3/t11?,12-,13-,14+,15-,16-/m1/s1. The Morgan fingerprint density at radius 3 is 2.36 bits per heavy atom. The van der Waals surface area contributed by atoms with Crippen molar-refractivity contribution < 1.29 is 29.9 Å². The van der Waals surface area contributed by atoms with Crippen molar-refractivity contribution in [2.45, 2.75) is 57.1 Å². The number of hydrogen-bond acceptors (Lipinski definition) is 6. The lowest BCUT2D eigenvalue weighted by molar-refractivity contribution is -0.307. The van der Waals surface area contributed by atoms with Crippen molar-refractivity contribution in [3.63, 3.8) is 0 Å². The van der Waals surface area contributed by atoms with Crippen LogP contribution in [0.1, 0.15) is 20.3 Å². The van der Waals surface area contributed by atoms with Gasteiger partial charge in [0.1, 0.15) is 24.4 Å². The van der Waals surface area contributed by atoms with Crippen LogP contribution in [0.15, 0.2) is 36.5 Å². The molecule has 1 rings (SSSR count). The van der Waals surface area contributed by atoms with Gasteiger partial charge in [0.15, 0.2) is 6.29 Å². The molecule has 22 heavy (non-hydrogen) atoms. The van der Waals surface area contributed by atoms with Gasteiger partial charge < -0.3 is 29.9 Å². The van der Waals surface area contributed by atoms with Crippen LogP contribution < -0.4 is 0 Å². The lowest BCUT2D eigenvalue weighted by Gasteiger charge is -2.40. The van der Waals surface area contributed by atoms with E-state index in [0.717, 1.165) is 11.1 Å². The molecule has 6 atom stereocenters. The quantitative estimate of drug-likeness (QED) is 0.398. The molecule has 0 radical (unpaired) electrons. The van der Waals surface area contributed by atoms with Gasteiger partial charge in [-0.2, -0.15) is 0 Å². The maximum atomic E-state index is 9.99. The third kappa shape index (κ3) is 5.01. The zero-order valence-electron chi connectivity index (χ0n) is 13.1. The maximum absolute atomic E-state index is 9.99. The summed E-state index contributed by atoms with van der Waals surface area (Å²) < 4.78 is 11.0. The maximum Gasteiger partial charge on any atom is 0.187 e. The Labute approximate surface area is 131 Å². The van der Waals surface area contributed by atoms with E-state index < -0.39 is 43.4 Å². The molecule has 0 spiro atoms. The summed E-state index contributed by atoms with van der Waals surface area (Å²) in [7, 11) is 0. The highest BCUT2D eigenvalue weighted by atomic mass is 16.7. The third-order valence-electron chi connectivity index (χ3n) is 3.43. The Balaban J connectivity index is 2.84. The minimum Gasteiger partial charge on any atom is -0.394 e. The Hall–Kier alpha value is -1.02. The van der Waals surface area contributed by atoms with Crippen LogP contribution in [0.4, 0.5) is 0 Å². The topological polar surface area (TPSA) is 99.4 Å². The molecule has 1 fully saturated rings. The number of aliphatic hydroxyl groups is 4. The predicted molar refractivity (Wildman–Crippen MR) is 82.0 cm³/mol. The van der Waals surface area contributed by atoms with Crippen LogP contribution in [-0.2, 0) is 9.47 Å². The molecule has 1 heterocycles. The molecule has 0 aromatic heterocycles. The molecule has 1 aliphatic heterocycles. The molecule has 0 aromatic carbocycles. The summed E-state index contributed by atoms with van der Waals surface area (Å²) in [5, 5.41) is 38.7. The van der Waals surface area contributed by atoms with Crippen LogP contribution in [0, 0.1) is 0 Å². The van der Waals surface area contributed by atoms with Crippen LogP contribution in [0.25, 0.3) is 0 Å². The van der Waals surface area contributed by atoms with Crippen molar-refractivity contribution in [3.05, 3.63) is 36.5 Å². The van der Waals surface area contributed by atoms with Gasteiger partial charge in [-0.15, -0.1) is 0 Å². The first kappa shape index (κ1) is 19.0. The first-order valence-corrected chi connectivity index (χ1v) is 7.21. The molecule has 1 saturated heterocycles. The summed E-state index contributed by atoms with van der Waals surface area (Å²) >= 11 is 0. The van der Waals surface area contributed by atoms with Gasteiger partial charge in [-0.05, 0) is 13.8 Å². The van der Waals surface area contributed by atoms with E-state index in [1.54, 1.807) is 6.08 Å². The largest absolute Gasteiger partial charge is 0.394 e. The van der Waals surface area contributed by atoms with E-state index in [2.05, 4.69) is 13.2 Å². The van der Waals surface area contributed by atoms with Crippen LogP contribution in [0.3, 0.4) is 0 Å². The van der Waals surface area contributed by atoms with Gasteiger partial charge in [0.25, 0.3) is 0 Å². The molecule has 1 aliphatic rings. The van der Waals surface area contributed by atoms with Crippen molar-refractivity contribution in [2.75, 3.05) is 6.61 Å². The SMILES string of the molecule is C=CC(=C)CC(C=C(C)C)O[C@@H]1O[C@H](CO)[C@@H](O)[C@H](O)[C@H]1O. The fourth-order valence-corrected chi connectivity index (χ4v) is 2.21. The molecule has 6 heteroatoms. The molecule has 0 aliphatic carbocycles. The molecule has 126 valence electrons. The second kappa shape index (κ2) is 8.57. The summed E-state index contributed by atoms with van der Waals surface area (Å²) in [5.74, 6) is 0. The molecular formula is C16H26O6. The Morgan fingerprint density at radius 2 is 1.86 bits per heavy atom. The van der Waals surface area contributed by atoms with E-state index in [1.807, 2.05) is 19.9 Å². The van der Waals surface area contributed by atoms with E-state index >= 15 is 0 Å². The van der Waals surface area contributed by atoms with Crippen LogP contribution >= 0.6 is 0 Å². The average molecular weight is 314 g/mol. The third-order valence-corrected chi connectivity index (χ3v) is 3.43. The van der Waals surface area contributed by atoms with E-state index in [4.69, 9.17) is 9.47 Å². The molecule has 0 amide bonds. The second-order valence-corrected chi connectivity index (χ2v) is 5.68. The summed E-state index contributed by atoms with van der Waals surface area (Å²) in [6.07, 6.45) is -2.94. The number of aliphatic hydroxyl groups excluding tert-OH is 4. The fourth-order valence-electron chi connectivity index (χ4n) is 2.21. The Kier molecular flexibility index (Phi) is 7.41. The number of ether oxygens (including phenoxy) is 2. The molecule has 1 unspecified atom stereocenters. The minimum absolute atomic E-state index is 0.433. The van der Waals surface area contributed by atoms with Gasteiger partial charge in [-0.25, -0.2) is 0 Å². The first-order chi connectivity index (χ1) is 10.3. The normalized spacial score (nSPS) is 33.1. The highest BCUT2D eigenvalue weighted by molar-refractivity contribution is 5.15. The van der Waals surface area contributed by atoms with Crippen LogP contribution in [0.5, 0.6) is 0 Å². The smallest absolute Gasteiger partial charge is 0.187 e. The van der Waals surface area contributed by atoms with Gasteiger partial charge in [0.05, 0.1) is 12.7 Å². The number of hydrogen-bond donors (Lipinski definition) is 4. The Bertz CT molecular complexity index is 413. The van der Waals surface area contributed by atoms with E-state index in [0.29, 0.717) is 6.42 Å². The monoisotopic (exact) mass is 314 g/mol. The highest BCUT2D eigenvalue weighted by Gasteiger charge is 2.44. The van der Waals surface area contributed by atoms with Gasteiger partial charge >= 0.3 is 0 Å². The molecule has 0 bridgehead atoms. The lowest BCUT2D eigenvalue weighted by Crippen LogP contribution is -2.59. The summed E-state index contributed by atoms with van der Waals surface area (Å²) in [6.45, 7) is 10.8. The number of allylic oxidation sites excluding steroid dienone is 2. The molecule has 6 nitrogen and oxygen atoms in total. The van der Waals surface area contributed by atoms with Crippen LogP contribution in [-0.4, -0.2) is 63.8 Å². The Morgan fingerprint density at radius 1 is 1.23 bits per heavy atom. The lowest BCUT2D eigenvalue weighted by atomic mass is 9.99. The van der Waals surface area contributed by atoms with Crippen LogP contribution in [0.2, 0.25) is 0 Å². The molecular weight excluding hydrogens is 288 g/mol. The van der Waals surface area contributed by atoms with E-state index in [-0.39, 0.29) is 0 Å². The number of rotatable bonds is 7. The summed E-state index contributed by atoms with van der Waals surface area (Å²) in [5.41, 5.74) is 1.76. The van der Waals surface area contributed by atoms with Gasteiger partial charge in [0.2, 0.25) is 0 Å². The van der Waals surface area contributed by atoms with Crippen molar-refractivity contribution in [1.82, 2.24) is 0 Å². The van der Waals surface area contributed by atoms with Gasteiger partial charge in [-0.3, -0.25) is 0 Å². The predicted octanol–water partition coefficient (Wildman–Crippen LogP) is 0.270. The molecule has 0 saturated carbocycles. The molecule has 4 N–H and O–H groups in total. The molecule has 0 aromatic rings. The zero-order valence-corrected chi connectivity index (χ0v) is 13.1. The minimum atomic E-state index is -1.45. The van der Waals surface area contributed by atoms with Crippen molar-refractivity contribution >= 4 is 0 Å². The fraction of sp³-hybridized carbons (Fsp3) is 0.625. The summed E-state index contributed by atoms with van der Waals surface area (Å²) in [6, 6.07) is 0. The van der Waals surface area contributed by atoms with Crippen molar-refractivity contribution in [3.8, 4) is 0 Å². The van der Waals surface area contributed by atoms with E-state index in [1.165, 1.54) is 0 Å². The van der Waals surface area contributed by atoms with Crippen molar-refractivity contribution in [1.29, 1.82) is 0 Å². The van der Waals surface area contributed by atoms with E-state index in [9.17, 15) is 20.4 Å². The average Bonchev–Trinajstić information content (AvgIpc) is 2.46. The summed E-state index contributed by atoms with van der Waals surface area (Å²) in [4.78, 5) is 0. The van der Waals surface area contributed by atoms with Gasteiger partial charge in [-0.1, -0.05) is 36.5 Å². The zero-order chi connectivity index (χ0) is 16.9. The van der Waals surface area contributed by atoms with Gasteiger partial charge in [0, 0.05) is 6.42 Å². The highest BCUT2D eigenvalue weighted by Crippen LogP contribution is 2.24.